The first-order chi connectivity index (χ1) is 21.7. The first-order valence-electron chi connectivity index (χ1n) is 16.2. The van der Waals surface area contributed by atoms with Crippen LogP contribution in [0.4, 0.5) is 0 Å². The van der Waals surface area contributed by atoms with Crippen LogP contribution in [0.1, 0.15) is 78.7 Å². The molecule has 1 aliphatic rings. The predicted molar refractivity (Wildman–Crippen MR) is 179 cm³/mol. The summed E-state index contributed by atoms with van der Waals surface area (Å²) in [4.78, 5) is 26.0. The second-order valence-corrected chi connectivity index (χ2v) is 13.1. The molecule has 0 fully saturated rings. The lowest BCUT2D eigenvalue weighted by atomic mass is 9.91. The molecule has 0 saturated carbocycles. The van der Waals surface area contributed by atoms with Crippen molar-refractivity contribution in [2.24, 2.45) is 29.4 Å². The van der Waals surface area contributed by atoms with Crippen molar-refractivity contribution in [3.8, 4) is 0 Å². The summed E-state index contributed by atoms with van der Waals surface area (Å²) in [6, 6.07) is 8.87. The summed E-state index contributed by atoms with van der Waals surface area (Å²) in [7, 11) is 0. The van der Waals surface area contributed by atoms with E-state index < -0.39 is 48.7 Å². The zero-order chi connectivity index (χ0) is 34.4. The summed E-state index contributed by atoms with van der Waals surface area (Å²) in [6.07, 6.45) is 2.96. The van der Waals surface area contributed by atoms with E-state index in [-0.39, 0.29) is 53.7 Å². The first kappa shape index (κ1) is 39.4. The third-order valence-electron chi connectivity index (χ3n) is 8.08. The number of nitrogens with two attached hydrogens (primary N) is 1. The number of ether oxygens (including phenoxy) is 2. The van der Waals surface area contributed by atoms with Crippen molar-refractivity contribution in [1.82, 2.24) is 5.32 Å². The van der Waals surface area contributed by atoms with Crippen LogP contribution in [0.3, 0.4) is 0 Å². The van der Waals surface area contributed by atoms with Gasteiger partial charge in [-0.25, -0.2) is 4.79 Å². The van der Waals surface area contributed by atoms with Crippen LogP contribution in [0.15, 0.2) is 59.4 Å². The predicted octanol–water partition coefficient (Wildman–Crippen LogP) is 4.92. The number of allylic oxidation sites excluding steroid dienone is 3. The van der Waals surface area contributed by atoms with Gasteiger partial charge in [0.2, 0.25) is 0 Å². The molecule has 1 aliphatic carbocycles. The lowest BCUT2D eigenvalue weighted by molar-refractivity contribution is -0.176. The third kappa shape index (κ3) is 13.9. The zero-order valence-corrected chi connectivity index (χ0v) is 28.3. The van der Waals surface area contributed by atoms with Gasteiger partial charge in [-0.05, 0) is 49.2 Å². The van der Waals surface area contributed by atoms with Gasteiger partial charge in [-0.15, -0.1) is 0 Å². The molecule has 258 valence electrons. The molecule has 1 aromatic rings. The van der Waals surface area contributed by atoms with Crippen LogP contribution in [0.5, 0.6) is 0 Å². The number of aliphatic hydroxyl groups excluding tert-OH is 4. The van der Waals surface area contributed by atoms with Crippen molar-refractivity contribution < 1.29 is 39.5 Å². The third-order valence-corrected chi connectivity index (χ3v) is 8.40. The molecule has 0 aromatic heterocycles. The maximum absolute atomic E-state index is 13.4. The largest absolute Gasteiger partial charge is 0.507 e. The lowest BCUT2D eigenvalue weighted by Crippen LogP contribution is -2.51. The highest BCUT2D eigenvalue weighted by Crippen LogP contribution is 2.28. The van der Waals surface area contributed by atoms with Crippen LogP contribution in [0, 0.1) is 23.7 Å². The Kier molecular flexibility index (Phi) is 17.0. The molecule has 7 N–H and O–H groups in total. The Balaban J connectivity index is 2.15. The second-order valence-electron chi connectivity index (χ2n) is 12.7. The van der Waals surface area contributed by atoms with Crippen LogP contribution in [-0.4, -0.2) is 69.2 Å². The highest BCUT2D eigenvalue weighted by atomic mass is 35.5. The van der Waals surface area contributed by atoms with Gasteiger partial charge in [-0.3, -0.25) is 10.1 Å². The molecule has 1 aromatic carbocycles. The van der Waals surface area contributed by atoms with Gasteiger partial charge in [-0.1, -0.05) is 94.8 Å². The highest BCUT2D eigenvalue weighted by Gasteiger charge is 2.32. The van der Waals surface area contributed by atoms with Crippen LogP contribution in [0.25, 0.3) is 6.08 Å². The van der Waals surface area contributed by atoms with E-state index in [1.54, 1.807) is 19.1 Å². The van der Waals surface area contributed by atoms with Gasteiger partial charge in [0.1, 0.15) is 24.3 Å². The van der Waals surface area contributed by atoms with Crippen LogP contribution in [-0.2, 0) is 19.1 Å². The van der Waals surface area contributed by atoms with Gasteiger partial charge in [-0.2, -0.15) is 0 Å². The molecule has 0 bridgehead atoms. The molecule has 0 aliphatic heterocycles. The number of carbonyl (C=O) groups excluding carboxylic acids is 2. The van der Waals surface area contributed by atoms with Gasteiger partial charge < -0.3 is 35.6 Å². The fourth-order valence-electron chi connectivity index (χ4n) is 5.04. The highest BCUT2D eigenvalue weighted by molar-refractivity contribution is 6.31. The van der Waals surface area contributed by atoms with Gasteiger partial charge in [0.05, 0.1) is 17.1 Å². The Hall–Kier alpha value is -2.73. The number of esters is 2. The molecule has 2 rings (SSSR count). The summed E-state index contributed by atoms with van der Waals surface area (Å²) in [6.45, 7) is 9.31. The SMILES string of the molecule is CC[C@@H](C)C(=O)O[C@@H](CC(C)C)C(=O)O[C@@H](C[C@@H](O)CC(O)N[C@H](C[C@@H]1C=C(Cl)C(O)=CC1)C(N)O)[C@H](C)/C=C/c1ccccc1. The fourth-order valence-corrected chi connectivity index (χ4v) is 5.30. The molecule has 0 amide bonds. The van der Waals surface area contributed by atoms with E-state index in [9.17, 15) is 30.0 Å². The molecular formula is C35H53ClN2O8. The molecule has 0 radical (unpaired) electrons. The maximum atomic E-state index is 13.4. The number of hydrogen-bond acceptors (Lipinski definition) is 10. The summed E-state index contributed by atoms with van der Waals surface area (Å²) in [5.74, 6) is -1.96. The number of aliphatic hydroxyl groups is 4. The minimum atomic E-state index is -1.31. The topological polar surface area (TPSA) is 172 Å². The van der Waals surface area contributed by atoms with E-state index in [4.69, 9.17) is 26.8 Å². The average Bonchev–Trinajstić information content (AvgIpc) is 3.00. The molecule has 9 atom stereocenters. The van der Waals surface area contributed by atoms with Crippen molar-refractivity contribution in [3.05, 3.63) is 64.9 Å². The zero-order valence-electron chi connectivity index (χ0n) is 27.6. The summed E-state index contributed by atoms with van der Waals surface area (Å²) >= 11 is 6.04. The summed E-state index contributed by atoms with van der Waals surface area (Å²) < 4.78 is 11.5. The Morgan fingerprint density at radius 1 is 1.04 bits per heavy atom. The van der Waals surface area contributed by atoms with E-state index in [0.717, 1.165) is 5.56 Å². The van der Waals surface area contributed by atoms with Crippen LogP contribution >= 0.6 is 11.6 Å². The smallest absolute Gasteiger partial charge is 0.347 e. The van der Waals surface area contributed by atoms with Crippen LogP contribution in [0.2, 0.25) is 0 Å². The molecule has 11 heteroatoms. The quantitative estimate of drug-likeness (QED) is 0.0881. The van der Waals surface area contributed by atoms with E-state index in [0.29, 0.717) is 19.3 Å². The van der Waals surface area contributed by atoms with Crippen molar-refractivity contribution in [3.63, 3.8) is 0 Å². The van der Waals surface area contributed by atoms with Crippen molar-refractivity contribution in [2.75, 3.05) is 0 Å². The molecule has 46 heavy (non-hydrogen) atoms. The minimum Gasteiger partial charge on any atom is -0.507 e. The summed E-state index contributed by atoms with van der Waals surface area (Å²) in [5.41, 5.74) is 6.73. The number of hydrogen-bond donors (Lipinski definition) is 6. The number of rotatable bonds is 19. The summed E-state index contributed by atoms with van der Waals surface area (Å²) in [5, 5.41) is 44.8. The lowest BCUT2D eigenvalue weighted by Gasteiger charge is -2.30. The van der Waals surface area contributed by atoms with E-state index in [1.807, 2.05) is 70.2 Å². The second kappa shape index (κ2) is 19.8. The number of halogens is 1. The molecular weight excluding hydrogens is 612 g/mol. The Morgan fingerprint density at radius 2 is 1.72 bits per heavy atom. The Bertz CT molecular complexity index is 1170. The number of carbonyl (C=O) groups is 2. The fraction of sp³-hybridized carbons (Fsp3) is 0.600. The van der Waals surface area contributed by atoms with Crippen LogP contribution < -0.4 is 11.1 Å². The van der Waals surface area contributed by atoms with Crippen molar-refractivity contribution in [2.45, 2.75) is 110 Å². The van der Waals surface area contributed by atoms with E-state index in [1.165, 1.54) is 0 Å². The molecule has 2 unspecified atom stereocenters. The van der Waals surface area contributed by atoms with Gasteiger partial charge in [0, 0.05) is 24.8 Å². The maximum Gasteiger partial charge on any atom is 0.347 e. The average molecular weight is 665 g/mol. The Labute approximate surface area is 278 Å². The van der Waals surface area contributed by atoms with Crippen molar-refractivity contribution in [1.29, 1.82) is 0 Å². The minimum absolute atomic E-state index is 0.00816. The number of nitrogens with one attached hydrogen (secondary N) is 1. The Morgan fingerprint density at radius 3 is 2.30 bits per heavy atom. The van der Waals surface area contributed by atoms with Gasteiger partial charge in [0.15, 0.2) is 6.10 Å². The molecule has 0 saturated heterocycles. The normalized spacial score (nSPS) is 20.5. The molecule has 0 heterocycles. The van der Waals surface area contributed by atoms with Gasteiger partial charge in [0.25, 0.3) is 0 Å². The molecule has 0 spiro atoms. The van der Waals surface area contributed by atoms with Gasteiger partial charge >= 0.3 is 11.9 Å². The monoisotopic (exact) mass is 664 g/mol. The first-order valence-corrected chi connectivity index (χ1v) is 16.5. The van der Waals surface area contributed by atoms with E-state index >= 15 is 0 Å². The van der Waals surface area contributed by atoms with Crippen molar-refractivity contribution >= 4 is 29.6 Å². The van der Waals surface area contributed by atoms with E-state index in [2.05, 4.69) is 5.32 Å². The molecule has 10 nitrogen and oxygen atoms in total. The standard InChI is InChI=1S/C35H53ClN2O8/c1-6-22(4)34(43)46-31(16-21(2)3)35(44)45-30(23(5)12-13-24-10-8-7-9-11-24)19-26(39)20-32(41)38-28(33(37)42)18-25-14-15-29(40)27(36)17-25/h7-13,15,17,21-23,25-26,28,30-33,38-42H,6,14,16,18-20,37H2,1-5H3/b13-12+/t22-,23-,25+,26-,28-,30+,31+,32?,33?/m1/s1. The number of benzene rings is 1.